The van der Waals surface area contributed by atoms with E-state index in [0.29, 0.717) is 18.4 Å². The number of nitrogens with zero attached hydrogens (tertiary/aromatic N) is 3. The van der Waals surface area contributed by atoms with Crippen LogP contribution in [-0.4, -0.2) is 83.2 Å². The van der Waals surface area contributed by atoms with E-state index in [4.69, 9.17) is 4.74 Å². The largest absolute Gasteiger partial charge is 0.487 e. The van der Waals surface area contributed by atoms with Crippen molar-refractivity contribution in [3.05, 3.63) is 53.9 Å². The van der Waals surface area contributed by atoms with E-state index in [1.807, 2.05) is 6.92 Å². The second kappa shape index (κ2) is 12.0. The Morgan fingerprint density at radius 2 is 1.95 bits per heavy atom. The topological polar surface area (TPSA) is 120 Å². The van der Waals surface area contributed by atoms with Gasteiger partial charge in [0.05, 0.1) is 19.6 Å². The predicted molar refractivity (Wildman–Crippen MR) is 146 cm³/mol. The van der Waals surface area contributed by atoms with E-state index in [1.165, 1.54) is 10.4 Å². The number of carbonyl (C=O) groups excluding carboxylic acids is 1. The summed E-state index contributed by atoms with van der Waals surface area (Å²) in [6.45, 7) is 3.56. The fourth-order valence-electron chi connectivity index (χ4n) is 4.98. The molecule has 0 bridgehead atoms. The van der Waals surface area contributed by atoms with Crippen LogP contribution >= 0.6 is 0 Å². The van der Waals surface area contributed by atoms with Gasteiger partial charge < -0.3 is 19.8 Å². The van der Waals surface area contributed by atoms with E-state index in [0.717, 1.165) is 18.4 Å². The molecule has 39 heavy (non-hydrogen) atoms. The number of rotatable bonds is 6. The van der Waals surface area contributed by atoms with Crippen molar-refractivity contribution in [3.8, 4) is 17.6 Å². The van der Waals surface area contributed by atoms with Crippen LogP contribution in [0.1, 0.15) is 50.7 Å². The average molecular weight is 556 g/mol. The summed E-state index contributed by atoms with van der Waals surface area (Å²) in [4.78, 5) is 18.5. The monoisotopic (exact) mass is 555 g/mol. The lowest BCUT2D eigenvalue weighted by Crippen LogP contribution is -2.50. The molecule has 9 nitrogen and oxygen atoms in total. The van der Waals surface area contributed by atoms with Crippen molar-refractivity contribution in [3.63, 3.8) is 0 Å². The standard InChI is InChI=1S/C29H37N3O6S/c1-21-18-32(22(2)20-33)39(36,37)27-7-6-23(8-13-29(35)11-4-5-12-29)16-25(27)38-26(21)19-31(3)28(34)17-24-9-14-30-15-10-24/h6-7,9-10,14-16,21-22,26,33,35H,4-5,11-12,17-20H2,1-3H3/t21-,22+,26+/m0/s1. The molecule has 1 aliphatic heterocycles. The lowest BCUT2D eigenvalue weighted by atomic mass is 10.0. The molecule has 2 aromatic rings. The predicted octanol–water partition coefficient (Wildman–Crippen LogP) is 2.21. The zero-order valence-electron chi connectivity index (χ0n) is 22.7. The molecule has 0 saturated heterocycles. The number of likely N-dealkylation sites (N-methyl/N-ethyl adjacent to an activating group) is 1. The van der Waals surface area contributed by atoms with Crippen LogP contribution in [0.15, 0.2) is 47.6 Å². The number of aliphatic hydroxyl groups is 2. The third-order valence-electron chi connectivity index (χ3n) is 7.52. The number of hydrogen-bond acceptors (Lipinski definition) is 7. The molecule has 1 saturated carbocycles. The highest BCUT2D eigenvalue weighted by atomic mass is 32.2. The maximum absolute atomic E-state index is 13.7. The molecule has 2 aliphatic rings. The summed E-state index contributed by atoms with van der Waals surface area (Å²) in [5, 5.41) is 20.5. The van der Waals surface area contributed by atoms with Crippen molar-refractivity contribution in [2.45, 2.75) is 68.6 Å². The van der Waals surface area contributed by atoms with Gasteiger partial charge in [0.1, 0.15) is 22.4 Å². The van der Waals surface area contributed by atoms with Crippen LogP contribution in [-0.2, 0) is 21.2 Å². The Balaban J connectivity index is 1.66. The molecule has 1 aliphatic carbocycles. The first-order valence-corrected chi connectivity index (χ1v) is 14.8. The minimum Gasteiger partial charge on any atom is -0.487 e. The van der Waals surface area contributed by atoms with Gasteiger partial charge in [-0.25, -0.2) is 8.42 Å². The number of aromatic nitrogens is 1. The van der Waals surface area contributed by atoms with E-state index in [2.05, 4.69) is 16.8 Å². The summed E-state index contributed by atoms with van der Waals surface area (Å²) in [6.07, 6.45) is 6.03. The van der Waals surface area contributed by atoms with Gasteiger partial charge in [0.2, 0.25) is 15.9 Å². The van der Waals surface area contributed by atoms with Crippen molar-refractivity contribution >= 4 is 15.9 Å². The smallest absolute Gasteiger partial charge is 0.247 e. The van der Waals surface area contributed by atoms with Gasteiger partial charge in [-0.15, -0.1) is 0 Å². The maximum atomic E-state index is 13.7. The van der Waals surface area contributed by atoms with Crippen LogP contribution in [0.25, 0.3) is 0 Å². The fourth-order valence-corrected chi connectivity index (χ4v) is 6.80. The van der Waals surface area contributed by atoms with Gasteiger partial charge in [-0.2, -0.15) is 4.31 Å². The second-order valence-corrected chi connectivity index (χ2v) is 12.6. The Bertz CT molecular complexity index is 1330. The van der Waals surface area contributed by atoms with Crippen LogP contribution in [0.3, 0.4) is 0 Å². The van der Waals surface area contributed by atoms with Crippen LogP contribution in [0.2, 0.25) is 0 Å². The number of hydrogen-bond donors (Lipinski definition) is 2. The second-order valence-electron chi connectivity index (χ2n) is 10.7. The highest BCUT2D eigenvalue weighted by Crippen LogP contribution is 2.34. The molecule has 0 spiro atoms. The Morgan fingerprint density at radius 3 is 2.62 bits per heavy atom. The SMILES string of the molecule is C[C@H](CO)N1C[C@H](C)[C@@H](CN(C)C(=O)Cc2ccncc2)Oc2cc(C#CC3(O)CCCC3)ccc2S1(=O)=O. The molecule has 1 aromatic heterocycles. The summed E-state index contributed by atoms with van der Waals surface area (Å²) in [5.41, 5.74) is 0.347. The lowest BCUT2D eigenvalue weighted by Gasteiger charge is -2.37. The normalized spacial score (nSPS) is 22.8. The summed E-state index contributed by atoms with van der Waals surface area (Å²) in [7, 11) is -2.29. The molecular formula is C29H37N3O6S. The number of carbonyl (C=O) groups is 1. The molecule has 1 aromatic carbocycles. The minimum atomic E-state index is -3.99. The first kappa shape index (κ1) is 29.0. The van der Waals surface area contributed by atoms with Crippen molar-refractivity contribution in [1.29, 1.82) is 0 Å². The molecule has 1 amide bonds. The number of pyridine rings is 1. The summed E-state index contributed by atoms with van der Waals surface area (Å²) in [6, 6.07) is 7.60. The molecule has 2 N–H and O–H groups in total. The lowest BCUT2D eigenvalue weighted by molar-refractivity contribution is -0.130. The number of benzene rings is 1. The van der Waals surface area contributed by atoms with Crippen LogP contribution in [0.4, 0.5) is 0 Å². The Morgan fingerprint density at radius 1 is 1.26 bits per heavy atom. The average Bonchev–Trinajstić information content (AvgIpc) is 3.36. The van der Waals surface area contributed by atoms with Crippen molar-refractivity contribution < 1.29 is 28.2 Å². The first-order valence-electron chi connectivity index (χ1n) is 13.3. The Kier molecular flexibility index (Phi) is 8.96. The van der Waals surface area contributed by atoms with E-state index in [1.54, 1.807) is 55.5 Å². The van der Waals surface area contributed by atoms with Gasteiger partial charge in [0, 0.05) is 43.5 Å². The molecule has 10 heteroatoms. The molecule has 4 rings (SSSR count). The number of aliphatic hydroxyl groups excluding tert-OH is 1. The fraction of sp³-hybridized carbons (Fsp3) is 0.517. The zero-order valence-corrected chi connectivity index (χ0v) is 23.5. The summed E-state index contributed by atoms with van der Waals surface area (Å²) in [5.74, 6) is 5.70. The number of fused-ring (bicyclic) bond motifs is 1. The highest BCUT2D eigenvalue weighted by molar-refractivity contribution is 7.89. The Hall–Kier alpha value is -2.97. The van der Waals surface area contributed by atoms with Crippen molar-refractivity contribution in [1.82, 2.24) is 14.2 Å². The number of sulfonamides is 1. The molecule has 1 fully saturated rings. The summed E-state index contributed by atoms with van der Waals surface area (Å²) < 4.78 is 35.0. The Labute approximate surface area is 230 Å². The van der Waals surface area contributed by atoms with E-state index in [-0.39, 0.29) is 48.6 Å². The van der Waals surface area contributed by atoms with Crippen LogP contribution in [0, 0.1) is 17.8 Å². The van der Waals surface area contributed by atoms with Gasteiger partial charge in [0.25, 0.3) is 0 Å². The highest BCUT2D eigenvalue weighted by Gasteiger charge is 2.38. The van der Waals surface area contributed by atoms with E-state index < -0.39 is 27.8 Å². The van der Waals surface area contributed by atoms with Gasteiger partial charge in [-0.1, -0.05) is 18.8 Å². The molecule has 210 valence electrons. The van der Waals surface area contributed by atoms with Crippen LogP contribution < -0.4 is 4.74 Å². The quantitative estimate of drug-likeness (QED) is 0.525. The van der Waals surface area contributed by atoms with Crippen molar-refractivity contribution in [2.24, 2.45) is 5.92 Å². The molecule has 2 heterocycles. The van der Waals surface area contributed by atoms with Gasteiger partial charge in [-0.05, 0) is 68.5 Å². The van der Waals surface area contributed by atoms with Crippen molar-refractivity contribution in [2.75, 3.05) is 26.7 Å². The third kappa shape index (κ3) is 6.79. The van der Waals surface area contributed by atoms with E-state index in [9.17, 15) is 23.4 Å². The van der Waals surface area contributed by atoms with Gasteiger partial charge >= 0.3 is 0 Å². The number of amides is 1. The summed E-state index contributed by atoms with van der Waals surface area (Å²) >= 11 is 0. The molecule has 0 unspecified atom stereocenters. The maximum Gasteiger partial charge on any atom is 0.247 e. The van der Waals surface area contributed by atoms with E-state index >= 15 is 0 Å². The minimum absolute atomic E-state index is 0.0180. The van der Waals surface area contributed by atoms with Crippen LogP contribution in [0.5, 0.6) is 5.75 Å². The van der Waals surface area contributed by atoms with Gasteiger partial charge in [0.15, 0.2) is 0 Å². The van der Waals surface area contributed by atoms with Gasteiger partial charge in [-0.3, -0.25) is 9.78 Å². The zero-order chi connectivity index (χ0) is 28.2. The first-order chi connectivity index (χ1) is 18.5. The number of ether oxygens (including phenoxy) is 1. The third-order valence-corrected chi connectivity index (χ3v) is 9.54. The molecule has 0 radical (unpaired) electrons. The molecule has 3 atom stereocenters. The molecular weight excluding hydrogens is 518 g/mol.